The van der Waals surface area contributed by atoms with Gasteiger partial charge in [0.2, 0.25) is 0 Å². The number of aromatic nitrogens is 1. The predicted molar refractivity (Wildman–Crippen MR) is 121 cm³/mol. The lowest BCUT2D eigenvalue weighted by Gasteiger charge is -2.09. The maximum atomic E-state index is 12.4. The molecular weight excluding hydrogens is 458 g/mol. The first kappa shape index (κ1) is 23.1. The first-order valence-corrected chi connectivity index (χ1v) is 11.8. The van der Waals surface area contributed by atoms with Crippen molar-refractivity contribution in [2.24, 2.45) is 0 Å². The minimum Gasteiger partial charge on any atom is -0.383 e. The summed E-state index contributed by atoms with van der Waals surface area (Å²) in [5, 5.41) is 3.91. The van der Waals surface area contributed by atoms with E-state index in [2.05, 4.69) is 15.0 Å². The average molecular weight is 478 g/mol. The summed E-state index contributed by atoms with van der Waals surface area (Å²) in [6.07, 6.45) is 1.51. The van der Waals surface area contributed by atoms with E-state index in [1.54, 1.807) is 43.5 Å². The van der Waals surface area contributed by atoms with Crippen LogP contribution < -0.4 is 10.0 Å². The maximum absolute atomic E-state index is 12.4. The van der Waals surface area contributed by atoms with Gasteiger partial charge in [-0.2, -0.15) is 0 Å². The Kier molecular flexibility index (Phi) is 7.91. The predicted octanol–water partition coefficient (Wildman–Crippen LogP) is 4.06. The summed E-state index contributed by atoms with van der Waals surface area (Å²) in [5.41, 5.74) is 0.905. The molecule has 2 N–H and O–H groups in total. The Bertz CT molecular complexity index is 1120. The van der Waals surface area contributed by atoms with Crippen LogP contribution in [0.4, 0.5) is 5.69 Å². The monoisotopic (exact) mass is 477 g/mol. The molecule has 0 saturated heterocycles. The second-order valence-electron chi connectivity index (χ2n) is 6.32. The Morgan fingerprint density at radius 1 is 1.06 bits per heavy atom. The molecule has 10 heteroatoms. The zero-order valence-corrected chi connectivity index (χ0v) is 18.9. The number of benzene rings is 2. The molecule has 0 bridgehead atoms. The van der Waals surface area contributed by atoms with E-state index in [1.807, 2.05) is 0 Å². The zero-order chi connectivity index (χ0) is 22.3. The Balaban J connectivity index is 1.60. The standard InChI is InChI=1S/C21H20ClN3O4S2/c1-29-13-12-23-21(26)15-2-11-20(24-14-15)30-18-7-5-17(6-8-18)25-31(27,28)19-9-3-16(22)4-10-19/h2-11,14,25H,12-13H2,1H3,(H,23,26). The smallest absolute Gasteiger partial charge is 0.261 e. The van der Waals surface area contributed by atoms with E-state index in [1.165, 1.54) is 42.2 Å². The Morgan fingerprint density at radius 2 is 1.77 bits per heavy atom. The molecule has 0 atom stereocenters. The van der Waals surface area contributed by atoms with Gasteiger partial charge in [0.15, 0.2) is 0 Å². The number of carbonyl (C=O) groups is 1. The summed E-state index contributed by atoms with van der Waals surface area (Å²) >= 11 is 7.21. The van der Waals surface area contributed by atoms with E-state index in [4.69, 9.17) is 16.3 Å². The van der Waals surface area contributed by atoms with Crippen molar-refractivity contribution in [1.82, 2.24) is 10.3 Å². The Morgan fingerprint density at radius 3 is 2.39 bits per heavy atom. The first-order chi connectivity index (χ1) is 14.9. The molecule has 0 unspecified atom stereocenters. The minimum absolute atomic E-state index is 0.130. The SMILES string of the molecule is COCCNC(=O)c1ccc(Sc2ccc(NS(=O)(=O)c3ccc(Cl)cc3)cc2)nc1. The fourth-order valence-corrected chi connectivity index (χ4v) is 4.42. The lowest BCUT2D eigenvalue weighted by molar-refractivity contribution is 0.0936. The van der Waals surface area contributed by atoms with Gasteiger partial charge in [0.05, 0.1) is 17.1 Å². The number of rotatable bonds is 9. The number of halogens is 1. The second kappa shape index (κ2) is 10.6. The van der Waals surface area contributed by atoms with Crippen molar-refractivity contribution in [2.75, 3.05) is 25.0 Å². The average Bonchev–Trinajstić information content (AvgIpc) is 2.76. The number of amides is 1. The Labute approximate surface area is 190 Å². The molecular formula is C21H20ClN3O4S2. The van der Waals surface area contributed by atoms with Crippen LogP contribution in [0.2, 0.25) is 5.02 Å². The van der Waals surface area contributed by atoms with Crippen LogP contribution in [0.25, 0.3) is 0 Å². The molecule has 0 saturated carbocycles. The summed E-state index contributed by atoms with van der Waals surface area (Å²) in [7, 11) is -2.13. The highest BCUT2D eigenvalue weighted by Crippen LogP contribution is 2.28. The minimum atomic E-state index is -3.70. The van der Waals surface area contributed by atoms with Crippen LogP contribution in [-0.4, -0.2) is 39.6 Å². The maximum Gasteiger partial charge on any atom is 0.261 e. The van der Waals surface area contributed by atoms with E-state index in [0.29, 0.717) is 34.5 Å². The normalized spacial score (nSPS) is 11.2. The summed E-state index contributed by atoms with van der Waals surface area (Å²) in [6.45, 7) is 0.874. The third-order valence-corrected chi connectivity index (χ3v) is 6.65. The van der Waals surface area contributed by atoms with E-state index in [-0.39, 0.29) is 10.8 Å². The quantitative estimate of drug-likeness (QED) is 0.451. The lowest BCUT2D eigenvalue weighted by Crippen LogP contribution is -2.26. The van der Waals surface area contributed by atoms with Gasteiger partial charge in [-0.1, -0.05) is 23.4 Å². The van der Waals surface area contributed by atoms with Crippen molar-refractivity contribution in [3.8, 4) is 0 Å². The van der Waals surface area contributed by atoms with Crippen molar-refractivity contribution in [3.05, 3.63) is 77.4 Å². The lowest BCUT2D eigenvalue weighted by atomic mass is 10.3. The molecule has 0 fully saturated rings. The molecule has 7 nitrogen and oxygen atoms in total. The molecule has 0 aliphatic rings. The van der Waals surface area contributed by atoms with Crippen LogP contribution >= 0.6 is 23.4 Å². The molecule has 0 radical (unpaired) electrons. The molecule has 3 aromatic rings. The number of carbonyl (C=O) groups excluding carboxylic acids is 1. The van der Waals surface area contributed by atoms with Crippen molar-refractivity contribution in [3.63, 3.8) is 0 Å². The molecule has 0 aliphatic carbocycles. The van der Waals surface area contributed by atoms with Crippen LogP contribution in [0.5, 0.6) is 0 Å². The fraction of sp³-hybridized carbons (Fsp3) is 0.143. The highest BCUT2D eigenvalue weighted by Gasteiger charge is 2.14. The summed E-state index contributed by atoms with van der Waals surface area (Å²) in [6, 6.07) is 16.3. The Hall–Kier alpha value is -2.59. The van der Waals surface area contributed by atoms with Crippen molar-refractivity contribution in [2.45, 2.75) is 14.8 Å². The van der Waals surface area contributed by atoms with E-state index in [9.17, 15) is 13.2 Å². The molecule has 0 spiro atoms. The first-order valence-electron chi connectivity index (χ1n) is 9.17. The number of nitrogens with zero attached hydrogens (tertiary/aromatic N) is 1. The highest BCUT2D eigenvalue weighted by molar-refractivity contribution is 7.99. The molecule has 1 amide bonds. The molecule has 1 heterocycles. The molecule has 162 valence electrons. The van der Waals surface area contributed by atoms with Crippen molar-refractivity contribution in [1.29, 1.82) is 0 Å². The number of hydrogen-bond acceptors (Lipinski definition) is 6. The largest absolute Gasteiger partial charge is 0.383 e. The van der Waals surface area contributed by atoms with Gasteiger partial charge in [-0.15, -0.1) is 0 Å². The number of sulfonamides is 1. The van der Waals surface area contributed by atoms with Gasteiger partial charge in [0.25, 0.3) is 15.9 Å². The van der Waals surface area contributed by atoms with Gasteiger partial charge in [0, 0.05) is 35.5 Å². The van der Waals surface area contributed by atoms with Gasteiger partial charge in [-0.25, -0.2) is 13.4 Å². The molecule has 31 heavy (non-hydrogen) atoms. The molecule has 2 aromatic carbocycles. The highest BCUT2D eigenvalue weighted by atomic mass is 35.5. The third kappa shape index (κ3) is 6.70. The van der Waals surface area contributed by atoms with Gasteiger partial charge in [0.1, 0.15) is 5.03 Å². The number of ether oxygens (including phenoxy) is 1. The van der Waals surface area contributed by atoms with Gasteiger partial charge in [-0.3, -0.25) is 9.52 Å². The number of nitrogens with one attached hydrogen (secondary N) is 2. The van der Waals surface area contributed by atoms with Crippen LogP contribution in [-0.2, 0) is 14.8 Å². The van der Waals surface area contributed by atoms with Crippen LogP contribution in [0.15, 0.2) is 81.7 Å². The summed E-state index contributed by atoms with van der Waals surface area (Å²) < 4.78 is 32.3. The summed E-state index contributed by atoms with van der Waals surface area (Å²) in [4.78, 5) is 17.3. The fourth-order valence-electron chi connectivity index (χ4n) is 2.48. The van der Waals surface area contributed by atoms with Gasteiger partial charge in [-0.05, 0) is 60.7 Å². The number of pyridine rings is 1. The van der Waals surface area contributed by atoms with E-state index >= 15 is 0 Å². The second-order valence-corrected chi connectivity index (χ2v) is 9.53. The van der Waals surface area contributed by atoms with Gasteiger partial charge < -0.3 is 10.1 Å². The number of methoxy groups -OCH3 is 1. The number of anilines is 1. The van der Waals surface area contributed by atoms with E-state index in [0.717, 1.165) is 4.90 Å². The molecule has 1 aromatic heterocycles. The molecule has 0 aliphatic heterocycles. The van der Waals surface area contributed by atoms with Crippen LogP contribution in [0.3, 0.4) is 0 Å². The number of hydrogen-bond donors (Lipinski definition) is 2. The third-order valence-electron chi connectivity index (χ3n) is 4.04. The molecule has 3 rings (SSSR count). The zero-order valence-electron chi connectivity index (χ0n) is 16.5. The topological polar surface area (TPSA) is 97.4 Å². The van der Waals surface area contributed by atoms with E-state index < -0.39 is 10.0 Å². The van der Waals surface area contributed by atoms with Crippen LogP contribution in [0.1, 0.15) is 10.4 Å². The summed E-state index contributed by atoms with van der Waals surface area (Å²) in [5.74, 6) is -0.210. The van der Waals surface area contributed by atoms with Crippen LogP contribution in [0, 0.1) is 0 Å². The van der Waals surface area contributed by atoms with Crippen molar-refractivity contribution >= 4 is 45.0 Å². The van der Waals surface area contributed by atoms with Gasteiger partial charge >= 0.3 is 0 Å². The van der Waals surface area contributed by atoms with Crippen molar-refractivity contribution < 1.29 is 17.9 Å².